The molecule has 12 bridgehead atoms. The number of aryl methyl sites for hydroxylation is 3. The van der Waals surface area contributed by atoms with Crippen molar-refractivity contribution in [1.29, 1.82) is 0 Å². The number of amides is 1. The third-order valence-electron chi connectivity index (χ3n) is 13.8. The topological polar surface area (TPSA) is 409 Å². The first kappa shape index (κ1) is 68.3. The van der Waals surface area contributed by atoms with Crippen LogP contribution in [0.2, 0.25) is 0 Å². The lowest BCUT2D eigenvalue weighted by Gasteiger charge is -2.26. The predicted octanol–water partition coefficient (Wildman–Crippen LogP) is 8.12. The minimum atomic E-state index is -5.13. The van der Waals surface area contributed by atoms with Crippen molar-refractivity contribution in [2.75, 3.05) is 34.0 Å². The van der Waals surface area contributed by atoms with Crippen molar-refractivity contribution in [2.24, 2.45) is 0 Å². The van der Waals surface area contributed by atoms with Crippen molar-refractivity contribution in [1.82, 2.24) is 45.5 Å². The number of ether oxygens (including phenoxy) is 1. The van der Waals surface area contributed by atoms with Gasteiger partial charge in [-0.2, -0.15) is 39.5 Å². The number of halogens is 9. The number of carbonyl (C=O) groups is 1. The number of nitrogens with one attached hydrogen (secondary N) is 1. The lowest BCUT2D eigenvalue weighted by atomic mass is 9.95. The first-order chi connectivity index (χ1) is 40.4. The third kappa shape index (κ3) is 14.4. The number of aromatic nitrogens is 9. The van der Waals surface area contributed by atoms with Gasteiger partial charge in [-0.1, -0.05) is 19.3 Å². The Morgan fingerprint density at radius 3 is 1.10 bits per heavy atom. The molecule has 3 unspecified atom stereocenters. The smallest absolute Gasteiger partial charge is 0.426 e. The zero-order chi connectivity index (χ0) is 65.6. The van der Waals surface area contributed by atoms with E-state index < -0.39 is 131 Å². The molecule has 8 N–H and O–H groups in total. The summed E-state index contributed by atoms with van der Waals surface area (Å²) in [5.74, 6) is -5.72. The van der Waals surface area contributed by atoms with Gasteiger partial charge in [0.05, 0.1) is 34.3 Å². The monoisotopic (exact) mass is 1320 g/mol. The first-order valence-corrected chi connectivity index (χ1v) is 31.5. The molecule has 38 heteroatoms. The van der Waals surface area contributed by atoms with Gasteiger partial charge in [-0.05, 0) is 134 Å². The van der Waals surface area contributed by atoms with Crippen LogP contribution in [0.25, 0.3) is 34.8 Å². The summed E-state index contributed by atoms with van der Waals surface area (Å²) in [6.45, 7) is 9.35. The van der Waals surface area contributed by atoms with E-state index in [2.05, 4.69) is 50.9 Å². The van der Waals surface area contributed by atoms with Crippen molar-refractivity contribution < 1.29 is 103 Å². The molecule has 9 heterocycles. The van der Waals surface area contributed by atoms with Crippen LogP contribution in [-0.4, -0.2) is 134 Å². The molecule has 26 nitrogen and oxygen atoms in total. The van der Waals surface area contributed by atoms with Gasteiger partial charge < -0.3 is 44.8 Å². The molecule has 88 heavy (non-hydrogen) atoms. The molecule has 0 spiro atoms. The van der Waals surface area contributed by atoms with Crippen molar-refractivity contribution in [3.63, 3.8) is 0 Å². The summed E-state index contributed by atoms with van der Waals surface area (Å²) < 4.78 is 218. The number of aliphatic hydroxyl groups is 3. The second-order valence-corrected chi connectivity index (χ2v) is 28.0. The molecule has 0 saturated heterocycles. The molecular weight excluding hydrogens is 1260 g/mol. The summed E-state index contributed by atoms with van der Waals surface area (Å²) in [5.41, 5.74) is 0.390. The van der Waals surface area contributed by atoms with Gasteiger partial charge in [0.25, 0.3) is 35.3 Å². The molecule has 3 aliphatic rings. The van der Waals surface area contributed by atoms with E-state index in [1.54, 1.807) is 20.8 Å². The Hall–Kier alpha value is -7.16. The highest BCUT2D eigenvalue weighted by Crippen LogP contribution is 2.47. The number of nitrogens with two attached hydrogens (primary N) is 2. The molecule has 6 aromatic rings. The second kappa shape index (κ2) is 24.7. The SMILES string of the molecule is Cc1cc(N)c2nc1S(=O)(=O)CCCCCC(O)(C(F)(F)F)c1nnc-2o1.Cc1cc(N)c2nc1S(=O)(=O)CCCCCC(O)(C(F)(F)F)c1nnc-2o1.Cc1cc(NC(=O)OC(C)(C)C)c2nc1S(=O)(=O)CCCCCC(O)(C(F)(F)F)c1nnc-2o1. The van der Waals surface area contributed by atoms with Crippen LogP contribution < -0.4 is 16.8 Å². The number of sulfone groups is 3. The van der Waals surface area contributed by atoms with Crippen LogP contribution in [0.1, 0.15) is 132 Å². The maximum atomic E-state index is 13.7. The fourth-order valence-corrected chi connectivity index (χ4v) is 13.9. The Morgan fingerprint density at radius 2 is 0.795 bits per heavy atom. The highest BCUT2D eigenvalue weighted by atomic mass is 32.2. The van der Waals surface area contributed by atoms with Crippen LogP contribution in [0.4, 0.5) is 61.4 Å². The normalized spacial score (nSPS) is 22.3. The first-order valence-electron chi connectivity index (χ1n) is 26.6. The second-order valence-electron chi connectivity index (χ2n) is 21.9. The summed E-state index contributed by atoms with van der Waals surface area (Å²) >= 11 is 0. The predicted molar refractivity (Wildman–Crippen MR) is 287 cm³/mol. The molecule has 1 amide bonds. The fourth-order valence-electron chi connectivity index (χ4n) is 9.20. The summed E-state index contributed by atoms with van der Waals surface area (Å²) in [6, 6.07) is 3.93. The van der Waals surface area contributed by atoms with E-state index in [0.29, 0.717) is 11.1 Å². The number of anilines is 3. The number of alkyl halides is 9. The van der Waals surface area contributed by atoms with Crippen molar-refractivity contribution in [3.8, 4) is 34.8 Å². The Bertz CT molecular complexity index is 3770. The van der Waals surface area contributed by atoms with Gasteiger partial charge in [0, 0.05) is 0 Å². The van der Waals surface area contributed by atoms with Gasteiger partial charge in [-0.3, -0.25) is 5.32 Å². The average molecular weight is 1320 g/mol. The molecular formula is C50H59F9N12O14S3. The van der Waals surface area contributed by atoms with Crippen molar-refractivity contribution in [2.45, 2.75) is 175 Å². The van der Waals surface area contributed by atoms with Crippen LogP contribution in [0.5, 0.6) is 0 Å². The van der Waals surface area contributed by atoms with Crippen molar-refractivity contribution in [3.05, 3.63) is 52.6 Å². The summed E-state index contributed by atoms with van der Waals surface area (Å²) in [7, 11) is -11.5. The van der Waals surface area contributed by atoms with Gasteiger partial charge in [-0.25, -0.2) is 45.0 Å². The van der Waals surface area contributed by atoms with E-state index in [0.717, 1.165) is 0 Å². The van der Waals surface area contributed by atoms with Gasteiger partial charge in [0.15, 0.2) is 61.7 Å². The van der Waals surface area contributed by atoms with Crippen LogP contribution >= 0.6 is 0 Å². The molecule has 0 aromatic carbocycles. The maximum absolute atomic E-state index is 13.7. The molecule has 0 fully saturated rings. The van der Waals surface area contributed by atoms with Crippen LogP contribution in [0.3, 0.4) is 0 Å². The van der Waals surface area contributed by atoms with E-state index in [-0.39, 0.29) is 130 Å². The van der Waals surface area contributed by atoms with Crippen molar-refractivity contribution >= 4 is 52.7 Å². The fraction of sp³-hybridized carbons (Fsp3) is 0.560. The van der Waals surface area contributed by atoms with Crippen LogP contribution in [-0.2, 0) is 51.1 Å². The number of hydrogen-bond acceptors (Lipinski definition) is 25. The molecule has 9 rings (SSSR count). The number of hydrogen-bond donors (Lipinski definition) is 6. The van der Waals surface area contributed by atoms with Gasteiger partial charge in [0.1, 0.15) is 5.60 Å². The van der Waals surface area contributed by atoms with Gasteiger partial charge in [0.2, 0.25) is 16.8 Å². The maximum Gasteiger partial charge on any atom is 0.426 e. The number of fused-ring (bicyclic) bond motifs is 15. The number of nitrogens with zero attached hydrogens (tertiary/aromatic N) is 9. The Balaban J connectivity index is 0.000000190. The summed E-state index contributed by atoms with van der Waals surface area (Å²) in [6.07, 6.45) is -18.1. The third-order valence-corrected chi connectivity index (χ3v) is 19.3. The minimum absolute atomic E-state index is 0.0351. The quantitative estimate of drug-likeness (QED) is 0.0846. The number of carbonyl (C=O) groups excluding carboxylic acids is 1. The van der Waals surface area contributed by atoms with Crippen LogP contribution in [0.15, 0.2) is 46.5 Å². The standard InChI is InChI=1S/C20H25F3N4O6S.2C15H17F3N4O4S/c1-11-10-12(24-17(28)33-18(2,3)4)13-14-26-27-16(32-14)19(29,20(21,22)23)8-6-5-7-9-34(30,31)15(11)25-13;2*1-8-7-9(19)10-11-21-22-13(26-11)14(23,15(16,17)18)5-3-2-4-6-27(24,25)12(8)20-10/h10,29H,5-9H2,1-4H3,(H,24,28);2*7,23H,2-6,19H2,1H3. The molecule has 0 saturated carbocycles. The lowest BCUT2D eigenvalue weighted by Crippen LogP contribution is -2.42. The van der Waals surface area contributed by atoms with Gasteiger partial charge in [-0.15, -0.1) is 30.6 Å². The molecule has 484 valence electrons. The average Bonchev–Trinajstić information content (AvgIpc) is 3.91. The largest absolute Gasteiger partial charge is 0.444 e. The number of nitrogen functional groups attached to an aromatic ring is 2. The highest BCUT2D eigenvalue weighted by Gasteiger charge is 2.61. The molecule has 3 aliphatic heterocycles. The molecule has 0 radical (unpaired) electrons. The number of rotatable bonds is 1. The molecule has 0 aliphatic carbocycles. The van der Waals surface area contributed by atoms with E-state index in [9.17, 15) is 84.9 Å². The summed E-state index contributed by atoms with van der Waals surface area (Å²) in [4.78, 5) is 24.3. The van der Waals surface area contributed by atoms with E-state index >= 15 is 0 Å². The summed E-state index contributed by atoms with van der Waals surface area (Å²) in [5, 5.41) is 53.0. The zero-order valence-electron chi connectivity index (χ0n) is 47.5. The Labute approximate surface area is 495 Å². The lowest BCUT2D eigenvalue weighted by molar-refractivity contribution is -0.277. The highest BCUT2D eigenvalue weighted by molar-refractivity contribution is 7.92. The molecule has 6 aromatic heterocycles. The minimum Gasteiger partial charge on any atom is -0.444 e. The van der Waals surface area contributed by atoms with E-state index in [1.165, 1.54) is 39.0 Å². The zero-order valence-corrected chi connectivity index (χ0v) is 49.9. The van der Waals surface area contributed by atoms with Crippen LogP contribution in [0, 0.1) is 20.8 Å². The Morgan fingerprint density at radius 1 is 0.500 bits per heavy atom. The Kier molecular flexibility index (Phi) is 19.2. The number of pyridine rings is 3. The molecule has 3 atom stereocenters. The van der Waals surface area contributed by atoms with E-state index in [4.69, 9.17) is 29.5 Å². The van der Waals surface area contributed by atoms with E-state index in [1.807, 2.05) is 0 Å². The van der Waals surface area contributed by atoms with Gasteiger partial charge >= 0.3 is 24.6 Å².